The average molecular weight is 321 g/mol. The largest absolute Gasteiger partial charge is 0.477 e. The number of aromatic nitrogens is 1. The molecule has 23 heavy (non-hydrogen) atoms. The minimum absolute atomic E-state index is 0.160. The van der Waals surface area contributed by atoms with Gasteiger partial charge in [-0.25, -0.2) is 9.78 Å². The number of thiazole rings is 1. The van der Waals surface area contributed by atoms with Gasteiger partial charge in [0.05, 0.1) is 16.9 Å². The first-order valence-electron chi connectivity index (χ1n) is 6.74. The monoisotopic (exact) mass is 321 g/mol. The van der Waals surface area contributed by atoms with Crippen LogP contribution in [0.5, 0.6) is 0 Å². The number of nitriles is 1. The second-order valence-corrected chi connectivity index (χ2v) is 5.65. The fraction of sp³-hybridized carbons (Fsp3) is 0. The molecular weight excluding hydrogens is 310 g/mol. The van der Waals surface area contributed by atoms with E-state index in [0.29, 0.717) is 22.1 Å². The molecule has 0 saturated carbocycles. The van der Waals surface area contributed by atoms with E-state index in [9.17, 15) is 9.90 Å². The van der Waals surface area contributed by atoms with Crippen molar-refractivity contribution in [1.82, 2.24) is 4.98 Å². The second-order valence-electron chi connectivity index (χ2n) is 4.65. The molecule has 0 aliphatic heterocycles. The highest BCUT2D eigenvalue weighted by atomic mass is 32.1. The summed E-state index contributed by atoms with van der Waals surface area (Å²) in [6.45, 7) is 0. The van der Waals surface area contributed by atoms with E-state index in [0.717, 1.165) is 16.9 Å². The molecule has 0 aliphatic carbocycles. The molecule has 2 aromatic carbocycles. The van der Waals surface area contributed by atoms with Crippen molar-refractivity contribution in [2.75, 3.05) is 5.32 Å². The highest BCUT2D eigenvalue weighted by Crippen LogP contribution is 2.33. The van der Waals surface area contributed by atoms with Gasteiger partial charge in [-0.15, -0.1) is 0 Å². The first kappa shape index (κ1) is 14.8. The molecule has 0 fully saturated rings. The summed E-state index contributed by atoms with van der Waals surface area (Å²) < 4.78 is 0. The van der Waals surface area contributed by atoms with Crippen LogP contribution in [0.1, 0.15) is 15.2 Å². The van der Waals surface area contributed by atoms with Crippen LogP contribution in [0.15, 0.2) is 54.6 Å². The number of para-hydroxylation sites is 1. The summed E-state index contributed by atoms with van der Waals surface area (Å²) in [4.78, 5) is 16.0. The summed E-state index contributed by atoms with van der Waals surface area (Å²) in [5.41, 5.74) is 2.23. The van der Waals surface area contributed by atoms with Crippen molar-refractivity contribution in [2.24, 2.45) is 0 Å². The predicted molar refractivity (Wildman–Crippen MR) is 88.9 cm³/mol. The first-order valence-corrected chi connectivity index (χ1v) is 7.56. The smallest absolute Gasteiger partial charge is 0.348 e. The molecule has 0 radical (unpaired) electrons. The summed E-state index contributed by atoms with van der Waals surface area (Å²) in [6.07, 6.45) is 0. The van der Waals surface area contributed by atoms with E-state index in [2.05, 4.69) is 16.4 Å². The van der Waals surface area contributed by atoms with Gasteiger partial charge in [-0.05, 0) is 12.1 Å². The number of nitrogens with zero attached hydrogens (tertiary/aromatic N) is 2. The van der Waals surface area contributed by atoms with Crippen LogP contribution in [-0.4, -0.2) is 16.1 Å². The quantitative estimate of drug-likeness (QED) is 0.754. The summed E-state index contributed by atoms with van der Waals surface area (Å²) >= 11 is 1.05. The fourth-order valence-corrected chi connectivity index (χ4v) is 2.95. The van der Waals surface area contributed by atoms with E-state index in [1.54, 1.807) is 24.3 Å². The molecule has 0 unspecified atom stereocenters. The van der Waals surface area contributed by atoms with Crippen LogP contribution < -0.4 is 5.32 Å². The summed E-state index contributed by atoms with van der Waals surface area (Å²) in [6, 6.07) is 18.2. The van der Waals surface area contributed by atoms with Crippen molar-refractivity contribution in [1.29, 1.82) is 5.26 Å². The number of nitrogens with one attached hydrogen (secondary N) is 1. The number of carboxylic acids is 1. The lowest BCUT2D eigenvalue weighted by Crippen LogP contribution is -1.95. The van der Waals surface area contributed by atoms with Crippen LogP contribution >= 0.6 is 11.3 Å². The third-order valence-corrected chi connectivity index (χ3v) is 4.12. The molecule has 3 rings (SSSR count). The summed E-state index contributed by atoms with van der Waals surface area (Å²) in [5.74, 6) is -1.03. The standard InChI is InChI=1S/C17H11N3O2S/c18-10-12-8-4-5-9-13(12)19-17-20-14(15(23-17)16(21)22)11-6-2-1-3-7-11/h1-9H,(H,19,20)(H,21,22). The number of carbonyl (C=O) groups is 1. The molecular formula is C17H11N3O2S. The molecule has 6 heteroatoms. The Labute approximate surface area is 136 Å². The Morgan fingerprint density at radius 1 is 1.13 bits per heavy atom. The van der Waals surface area contributed by atoms with Crippen molar-refractivity contribution in [3.8, 4) is 17.3 Å². The molecule has 0 aliphatic rings. The molecule has 1 heterocycles. The lowest BCUT2D eigenvalue weighted by atomic mass is 10.1. The zero-order chi connectivity index (χ0) is 16.2. The van der Waals surface area contributed by atoms with E-state index < -0.39 is 5.97 Å². The Bertz CT molecular complexity index is 898. The molecule has 2 N–H and O–H groups in total. The Morgan fingerprint density at radius 2 is 1.83 bits per heavy atom. The second kappa shape index (κ2) is 6.30. The van der Waals surface area contributed by atoms with Gasteiger partial charge in [-0.3, -0.25) is 0 Å². The Morgan fingerprint density at radius 3 is 2.52 bits per heavy atom. The van der Waals surface area contributed by atoms with E-state index in [-0.39, 0.29) is 4.88 Å². The molecule has 5 nitrogen and oxygen atoms in total. The number of benzene rings is 2. The van der Waals surface area contributed by atoms with Crippen molar-refractivity contribution < 1.29 is 9.90 Å². The SMILES string of the molecule is N#Cc1ccccc1Nc1nc(-c2ccccc2)c(C(=O)O)s1. The van der Waals surface area contributed by atoms with Crippen LogP contribution in [0.25, 0.3) is 11.3 Å². The van der Waals surface area contributed by atoms with Crippen LogP contribution in [-0.2, 0) is 0 Å². The molecule has 0 amide bonds. The maximum absolute atomic E-state index is 11.5. The van der Waals surface area contributed by atoms with Gasteiger partial charge >= 0.3 is 5.97 Å². The lowest BCUT2D eigenvalue weighted by molar-refractivity contribution is 0.0702. The number of hydrogen-bond acceptors (Lipinski definition) is 5. The van der Waals surface area contributed by atoms with Crippen molar-refractivity contribution in [2.45, 2.75) is 0 Å². The lowest BCUT2D eigenvalue weighted by Gasteiger charge is -2.03. The first-order chi connectivity index (χ1) is 11.2. The normalized spacial score (nSPS) is 10.0. The van der Waals surface area contributed by atoms with E-state index >= 15 is 0 Å². The van der Waals surface area contributed by atoms with Gasteiger partial charge < -0.3 is 10.4 Å². The van der Waals surface area contributed by atoms with Gasteiger partial charge in [0.25, 0.3) is 0 Å². The molecule has 0 atom stereocenters. The summed E-state index contributed by atoms with van der Waals surface area (Å²) in [5, 5.41) is 22.0. The van der Waals surface area contributed by atoms with E-state index in [4.69, 9.17) is 5.26 Å². The minimum Gasteiger partial charge on any atom is -0.477 e. The number of carboxylic acid groups (broad SMARTS) is 1. The molecule has 0 spiro atoms. The van der Waals surface area contributed by atoms with Crippen LogP contribution in [0.3, 0.4) is 0 Å². The highest BCUT2D eigenvalue weighted by Gasteiger charge is 2.19. The highest BCUT2D eigenvalue weighted by molar-refractivity contribution is 7.18. The maximum atomic E-state index is 11.5. The number of aromatic carboxylic acids is 1. The average Bonchev–Trinajstić information content (AvgIpc) is 3.00. The predicted octanol–water partition coefficient (Wildman–Crippen LogP) is 4.12. The number of rotatable bonds is 4. The third-order valence-electron chi connectivity index (χ3n) is 3.16. The Kier molecular flexibility index (Phi) is 4.04. The molecule has 0 bridgehead atoms. The maximum Gasteiger partial charge on any atom is 0.348 e. The fourth-order valence-electron chi connectivity index (χ4n) is 2.12. The van der Waals surface area contributed by atoms with Crippen molar-refractivity contribution >= 4 is 28.1 Å². The van der Waals surface area contributed by atoms with Gasteiger partial charge in [0, 0.05) is 5.56 Å². The van der Waals surface area contributed by atoms with Crippen LogP contribution in [0, 0.1) is 11.3 Å². The third kappa shape index (κ3) is 3.05. The van der Waals surface area contributed by atoms with Gasteiger partial charge in [0.2, 0.25) is 0 Å². The topological polar surface area (TPSA) is 86.0 Å². The van der Waals surface area contributed by atoms with Gasteiger partial charge in [0.1, 0.15) is 10.9 Å². The van der Waals surface area contributed by atoms with Crippen molar-refractivity contribution in [3.63, 3.8) is 0 Å². The molecule has 112 valence electrons. The zero-order valence-electron chi connectivity index (χ0n) is 11.9. The molecule has 1 aromatic heterocycles. The molecule has 0 saturated heterocycles. The minimum atomic E-state index is -1.03. The van der Waals surface area contributed by atoms with Gasteiger partial charge in [-0.1, -0.05) is 53.8 Å². The summed E-state index contributed by atoms with van der Waals surface area (Å²) in [7, 11) is 0. The van der Waals surface area contributed by atoms with Crippen LogP contribution in [0.2, 0.25) is 0 Å². The van der Waals surface area contributed by atoms with Crippen molar-refractivity contribution in [3.05, 3.63) is 65.0 Å². The van der Waals surface area contributed by atoms with Crippen LogP contribution in [0.4, 0.5) is 10.8 Å². The number of hydrogen-bond donors (Lipinski definition) is 2. The van der Waals surface area contributed by atoms with Gasteiger partial charge in [0.15, 0.2) is 5.13 Å². The van der Waals surface area contributed by atoms with E-state index in [1.807, 2.05) is 30.3 Å². The van der Waals surface area contributed by atoms with E-state index in [1.165, 1.54) is 0 Å². The van der Waals surface area contributed by atoms with Gasteiger partial charge in [-0.2, -0.15) is 5.26 Å². The Hall–Kier alpha value is -3.17. The number of anilines is 2. The Balaban J connectivity index is 2.02. The molecule has 3 aromatic rings. The zero-order valence-corrected chi connectivity index (χ0v) is 12.7.